The lowest BCUT2D eigenvalue weighted by atomic mass is 10.1. The minimum absolute atomic E-state index is 0.0475. The van der Waals surface area contributed by atoms with E-state index in [2.05, 4.69) is 5.32 Å². The Balaban J connectivity index is 1.95. The van der Waals surface area contributed by atoms with Crippen molar-refractivity contribution in [3.8, 4) is 5.75 Å². The number of nitrogens with zero attached hydrogens (tertiary/aromatic N) is 1. The maximum atomic E-state index is 12.5. The zero-order valence-electron chi connectivity index (χ0n) is 11.4. The van der Waals surface area contributed by atoms with Crippen LogP contribution in [0.2, 0.25) is 0 Å². The molecule has 0 atom stereocenters. The van der Waals surface area contributed by atoms with Crippen LogP contribution in [0.1, 0.15) is 22.4 Å². The first-order valence-corrected chi connectivity index (χ1v) is 6.67. The van der Waals surface area contributed by atoms with Crippen LogP contribution in [-0.2, 0) is 25.8 Å². The number of alkyl halides is 3. The summed E-state index contributed by atoms with van der Waals surface area (Å²) in [4.78, 5) is 12.0. The van der Waals surface area contributed by atoms with Crippen molar-refractivity contribution in [3.05, 3.63) is 63.1 Å². The number of halogens is 3. The fourth-order valence-corrected chi connectivity index (χ4v) is 2.58. The number of benzene rings is 1. The summed E-state index contributed by atoms with van der Waals surface area (Å²) in [5.74, 6) is -0.0475. The molecule has 0 saturated carbocycles. The molecule has 2 heterocycles. The maximum Gasteiger partial charge on any atom is 0.416 e. The first-order valence-electron chi connectivity index (χ1n) is 6.67. The molecule has 0 amide bonds. The second-order valence-electron chi connectivity index (χ2n) is 5.18. The van der Waals surface area contributed by atoms with Crippen molar-refractivity contribution in [2.45, 2.75) is 25.8 Å². The summed E-state index contributed by atoms with van der Waals surface area (Å²) >= 11 is 0. The van der Waals surface area contributed by atoms with Gasteiger partial charge in [-0.1, -0.05) is 12.1 Å². The van der Waals surface area contributed by atoms with Crippen LogP contribution in [-0.4, -0.2) is 9.67 Å². The molecule has 4 nitrogen and oxygen atoms in total. The van der Waals surface area contributed by atoms with Crippen molar-refractivity contribution in [2.75, 3.05) is 0 Å². The Kier molecular flexibility index (Phi) is 3.44. The topological polar surface area (TPSA) is 54.3 Å². The van der Waals surface area contributed by atoms with Crippen LogP contribution in [0.4, 0.5) is 13.2 Å². The van der Waals surface area contributed by atoms with Crippen molar-refractivity contribution >= 4 is 0 Å². The zero-order chi connectivity index (χ0) is 15.9. The molecular formula is C15H13F3N2O2. The van der Waals surface area contributed by atoms with Gasteiger partial charge in [0.25, 0.3) is 5.56 Å². The number of fused-ring (bicyclic) bond motifs is 1. The molecule has 2 aromatic rings. The molecule has 3 rings (SSSR count). The number of hydrogen-bond acceptors (Lipinski definition) is 3. The van der Waals surface area contributed by atoms with Crippen LogP contribution in [0.15, 0.2) is 35.1 Å². The molecule has 0 spiro atoms. The molecule has 1 aliphatic rings. The third-order valence-corrected chi connectivity index (χ3v) is 3.73. The molecule has 22 heavy (non-hydrogen) atoms. The first-order chi connectivity index (χ1) is 10.4. The number of pyridine rings is 1. The lowest BCUT2D eigenvalue weighted by Gasteiger charge is -2.13. The van der Waals surface area contributed by atoms with E-state index < -0.39 is 11.7 Å². The van der Waals surface area contributed by atoms with E-state index in [1.807, 2.05) is 0 Å². The Morgan fingerprint density at radius 2 is 1.86 bits per heavy atom. The van der Waals surface area contributed by atoms with Crippen molar-refractivity contribution in [3.63, 3.8) is 0 Å². The Morgan fingerprint density at radius 3 is 2.50 bits per heavy atom. The van der Waals surface area contributed by atoms with Crippen LogP contribution in [0, 0.1) is 0 Å². The van der Waals surface area contributed by atoms with Crippen LogP contribution in [0.5, 0.6) is 5.75 Å². The SMILES string of the molecule is O=c1cc(O)c2c(n1Cc1ccc(C(F)(F)F)cc1)CNC2. The highest BCUT2D eigenvalue weighted by Gasteiger charge is 2.30. The second kappa shape index (κ2) is 5.17. The van der Waals surface area contributed by atoms with E-state index in [4.69, 9.17) is 0 Å². The molecule has 1 aromatic heterocycles. The number of rotatable bonds is 2. The smallest absolute Gasteiger partial charge is 0.416 e. The summed E-state index contributed by atoms with van der Waals surface area (Å²) in [5, 5.41) is 12.8. The summed E-state index contributed by atoms with van der Waals surface area (Å²) in [6.07, 6.45) is -4.38. The molecular weight excluding hydrogens is 297 g/mol. The van der Waals surface area contributed by atoms with Gasteiger partial charge in [-0.05, 0) is 17.7 Å². The highest BCUT2D eigenvalue weighted by molar-refractivity contribution is 5.38. The van der Waals surface area contributed by atoms with Gasteiger partial charge in [0.1, 0.15) is 5.75 Å². The highest BCUT2D eigenvalue weighted by atomic mass is 19.4. The van der Waals surface area contributed by atoms with Gasteiger partial charge in [-0.2, -0.15) is 13.2 Å². The van der Waals surface area contributed by atoms with Gasteiger partial charge in [0, 0.05) is 30.4 Å². The minimum Gasteiger partial charge on any atom is -0.507 e. The molecule has 0 fully saturated rings. The molecule has 0 aliphatic carbocycles. The Bertz CT molecular complexity index is 764. The molecule has 0 radical (unpaired) electrons. The van der Waals surface area contributed by atoms with Crippen LogP contribution in [0.3, 0.4) is 0 Å². The number of nitrogens with one attached hydrogen (secondary N) is 1. The highest BCUT2D eigenvalue weighted by Crippen LogP contribution is 2.29. The predicted octanol–water partition coefficient (Wildman–Crippen LogP) is 2.22. The Hall–Kier alpha value is -2.28. The van der Waals surface area contributed by atoms with Gasteiger partial charge >= 0.3 is 6.18 Å². The van der Waals surface area contributed by atoms with Gasteiger partial charge in [0.2, 0.25) is 0 Å². The fraction of sp³-hybridized carbons (Fsp3) is 0.267. The number of aromatic hydroxyl groups is 1. The molecule has 0 saturated heterocycles. The van der Waals surface area contributed by atoms with Crippen molar-refractivity contribution in [1.82, 2.24) is 9.88 Å². The molecule has 1 aromatic carbocycles. The summed E-state index contributed by atoms with van der Waals surface area (Å²) < 4.78 is 39.1. The van der Waals surface area contributed by atoms with Crippen molar-refractivity contribution in [2.24, 2.45) is 0 Å². The van der Waals surface area contributed by atoms with Crippen LogP contribution < -0.4 is 10.9 Å². The third-order valence-electron chi connectivity index (χ3n) is 3.73. The van der Waals surface area contributed by atoms with Gasteiger partial charge in [0.05, 0.1) is 12.1 Å². The van der Waals surface area contributed by atoms with Crippen LogP contribution in [0.25, 0.3) is 0 Å². The maximum absolute atomic E-state index is 12.5. The average molecular weight is 310 g/mol. The van der Waals surface area contributed by atoms with E-state index in [0.717, 1.165) is 18.2 Å². The lowest BCUT2D eigenvalue weighted by molar-refractivity contribution is -0.137. The van der Waals surface area contributed by atoms with E-state index in [9.17, 15) is 23.1 Å². The normalized spacial score (nSPS) is 14.1. The fourth-order valence-electron chi connectivity index (χ4n) is 2.58. The monoisotopic (exact) mass is 310 g/mol. The van der Waals surface area contributed by atoms with Gasteiger partial charge in [0.15, 0.2) is 0 Å². The third kappa shape index (κ3) is 2.59. The van der Waals surface area contributed by atoms with Gasteiger partial charge in [-0.15, -0.1) is 0 Å². The average Bonchev–Trinajstić information content (AvgIpc) is 2.93. The van der Waals surface area contributed by atoms with Gasteiger partial charge in [-0.3, -0.25) is 4.79 Å². The predicted molar refractivity (Wildman–Crippen MR) is 73.5 cm³/mol. The summed E-state index contributed by atoms with van der Waals surface area (Å²) in [6.45, 7) is 1.08. The van der Waals surface area contributed by atoms with E-state index in [1.54, 1.807) is 0 Å². The summed E-state index contributed by atoms with van der Waals surface area (Å²) in [6, 6.07) is 5.85. The van der Waals surface area contributed by atoms with Gasteiger partial charge < -0.3 is 15.0 Å². The molecule has 0 unspecified atom stereocenters. The minimum atomic E-state index is -4.38. The Labute approximate surface area is 123 Å². The Morgan fingerprint density at radius 1 is 1.18 bits per heavy atom. The summed E-state index contributed by atoms with van der Waals surface area (Å²) in [7, 11) is 0. The van der Waals surface area contributed by atoms with E-state index >= 15 is 0 Å². The first kappa shape index (κ1) is 14.6. The zero-order valence-corrected chi connectivity index (χ0v) is 11.4. The lowest BCUT2D eigenvalue weighted by Crippen LogP contribution is -2.24. The molecule has 1 aliphatic heterocycles. The molecule has 0 bridgehead atoms. The number of aromatic nitrogens is 1. The summed E-state index contributed by atoms with van der Waals surface area (Å²) in [5.41, 5.74) is 0.826. The largest absolute Gasteiger partial charge is 0.507 e. The quantitative estimate of drug-likeness (QED) is 0.894. The van der Waals surface area contributed by atoms with Crippen LogP contribution >= 0.6 is 0 Å². The second-order valence-corrected chi connectivity index (χ2v) is 5.18. The standard InChI is InChI=1S/C15H13F3N2O2/c16-15(17,18)10-3-1-9(2-4-10)8-20-12-7-19-6-11(12)13(21)5-14(20)22/h1-5,19,21H,6-8H2. The van der Waals surface area contributed by atoms with Gasteiger partial charge in [-0.25, -0.2) is 0 Å². The van der Waals surface area contributed by atoms with Crippen molar-refractivity contribution in [1.29, 1.82) is 0 Å². The van der Waals surface area contributed by atoms with E-state index in [1.165, 1.54) is 16.7 Å². The number of hydrogen-bond donors (Lipinski definition) is 2. The van der Waals surface area contributed by atoms with E-state index in [-0.39, 0.29) is 17.9 Å². The molecule has 116 valence electrons. The van der Waals surface area contributed by atoms with E-state index in [0.29, 0.717) is 29.9 Å². The molecule has 7 heteroatoms. The van der Waals surface area contributed by atoms with Crippen molar-refractivity contribution < 1.29 is 18.3 Å². The molecule has 2 N–H and O–H groups in total.